The molecule has 0 spiro atoms. The molecule has 0 radical (unpaired) electrons. The molecule has 4 aromatic rings. The Hall–Kier alpha value is -3.84. The van der Waals surface area contributed by atoms with E-state index in [9.17, 15) is 5.26 Å². The first kappa shape index (κ1) is 19.1. The second kappa shape index (κ2) is 8.49. The Kier molecular flexibility index (Phi) is 5.24. The van der Waals surface area contributed by atoms with Crippen molar-refractivity contribution in [3.05, 3.63) is 113 Å². The summed E-state index contributed by atoms with van der Waals surface area (Å²) in [6.07, 6.45) is 3.29. The van der Waals surface area contributed by atoms with E-state index in [4.69, 9.17) is 5.10 Å². The van der Waals surface area contributed by atoms with E-state index in [1.165, 1.54) is 16.7 Å². The average molecular weight is 405 g/mol. The topological polar surface area (TPSA) is 53.6 Å². The van der Waals surface area contributed by atoms with Gasteiger partial charge >= 0.3 is 0 Å². The van der Waals surface area contributed by atoms with Crippen LogP contribution in [0.4, 0.5) is 5.82 Å². The molecule has 1 N–H and O–H groups in total. The number of hydrogen-bond acceptors (Lipinski definition) is 3. The molecule has 1 aromatic heterocycles. The minimum absolute atomic E-state index is 0.0654. The highest BCUT2D eigenvalue weighted by atomic mass is 15.3. The Morgan fingerprint density at radius 1 is 0.839 bits per heavy atom. The van der Waals surface area contributed by atoms with Gasteiger partial charge < -0.3 is 5.32 Å². The number of benzene rings is 3. The maximum atomic E-state index is 9.17. The Morgan fingerprint density at radius 3 is 2.10 bits per heavy atom. The Bertz CT molecular complexity index is 1160. The van der Waals surface area contributed by atoms with Crippen molar-refractivity contribution < 1.29 is 0 Å². The molecule has 0 unspecified atom stereocenters. The molecule has 1 aliphatic heterocycles. The van der Waals surface area contributed by atoms with Gasteiger partial charge in [-0.3, -0.25) is 0 Å². The van der Waals surface area contributed by atoms with E-state index in [1.54, 1.807) is 0 Å². The number of hydrogen-bond donors (Lipinski definition) is 1. The van der Waals surface area contributed by atoms with E-state index in [2.05, 4.69) is 72.0 Å². The summed E-state index contributed by atoms with van der Waals surface area (Å²) in [5, 5.41) is 18.0. The lowest BCUT2D eigenvalue weighted by molar-refractivity contribution is 0.754. The normalized spacial score (nSPS) is 13.2. The first-order valence-electron chi connectivity index (χ1n) is 10.8. The van der Waals surface area contributed by atoms with Crippen LogP contribution in [0.15, 0.2) is 84.9 Å². The van der Waals surface area contributed by atoms with Crippen molar-refractivity contribution in [1.82, 2.24) is 9.78 Å². The van der Waals surface area contributed by atoms with Gasteiger partial charge in [0.15, 0.2) is 0 Å². The molecule has 0 saturated heterocycles. The largest absolute Gasteiger partial charge is 0.370 e. The predicted octanol–water partition coefficient (Wildman–Crippen LogP) is 5.67. The van der Waals surface area contributed by atoms with E-state index >= 15 is 0 Å². The molecule has 152 valence electrons. The Balaban J connectivity index is 1.71. The maximum Gasteiger partial charge on any atom is 0.133 e. The van der Waals surface area contributed by atoms with Gasteiger partial charge in [0.1, 0.15) is 5.82 Å². The maximum absolute atomic E-state index is 9.17. The summed E-state index contributed by atoms with van der Waals surface area (Å²) in [5.74, 6) is 1.14. The van der Waals surface area contributed by atoms with Gasteiger partial charge in [-0.25, -0.2) is 4.68 Å². The minimum Gasteiger partial charge on any atom is -0.370 e. The number of rotatable bonds is 4. The van der Waals surface area contributed by atoms with E-state index in [-0.39, 0.29) is 5.92 Å². The summed E-state index contributed by atoms with van der Waals surface area (Å²) in [5.41, 5.74) is 6.50. The van der Waals surface area contributed by atoms with E-state index < -0.39 is 0 Å². The second-order valence-electron chi connectivity index (χ2n) is 7.92. The third-order valence-electron chi connectivity index (χ3n) is 5.94. The molecular weight excluding hydrogens is 380 g/mol. The molecule has 2 heterocycles. The number of nitrogens with one attached hydrogen (secondary N) is 1. The standard InChI is InChI=1S/C27H24N4/c28-19-20-14-16-23(17-15-20)31-27-24(13-7-8-18-29-27)26(30-31)25(21-9-3-1-4-10-21)22-11-5-2-6-12-22/h1-6,9-12,14-17,25,29H,7-8,13,18H2. The van der Waals surface area contributed by atoms with Crippen LogP contribution in [0.2, 0.25) is 0 Å². The highest BCUT2D eigenvalue weighted by molar-refractivity contribution is 5.58. The molecule has 4 nitrogen and oxygen atoms in total. The van der Waals surface area contributed by atoms with Crippen LogP contribution in [0, 0.1) is 11.3 Å². The van der Waals surface area contributed by atoms with Crippen molar-refractivity contribution in [1.29, 1.82) is 5.26 Å². The molecule has 1 aliphatic rings. The summed E-state index contributed by atoms with van der Waals surface area (Å²) < 4.78 is 2.02. The lowest BCUT2D eigenvalue weighted by Gasteiger charge is -2.18. The van der Waals surface area contributed by atoms with Crippen molar-refractivity contribution in [2.45, 2.75) is 25.2 Å². The summed E-state index contributed by atoms with van der Waals surface area (Å²) in [6, 6.07) is 31.1. The fraction of sp³-hybridized carbons (Fsp3) is 0.185. The van der Waals surface area contributed by atoms with Crippen LogP contribution in [0.5, 0.6) is 0 Å². The van der Waals surface area contributed by atoms with Crippen LogP contribution < -0.4 is 5.32 Å². The molecule has 0 fully saturated rings. The highest BCUT2D eigenvalue weighted by Crippen LogP contribution is 2.38. The number of nitriles is 1. The fourth-order valence-corrected chi connectivity index (χ4v) is 4.42. The molecule has 0 aliphatic carbocycles. The molecule has 0 amide bonds. The molecular formula is C27H24N4. The fourth-order valence-electron chi connectivity index (χ4n) is 4.42. The zero-order valence-electron chi connectivity index (χ0n) is 17.3. The van der Waals surface area contributed by atoms with Gasteiger partial charge in [-0.15, -0.1) is 0 Å². The molecule has 5 rings (SSSR count). The molecule has 0 atom stereocenters. The SMILES string of the molecule is N#Cc1ccc(-n2nc(C(c3ccccc3)c3ccccc3)c3c2NCCCC3)cc1. The van der Waals surface area contributed by atoms with E-state index in [1.807, 2.05) is 28.9 Å². The number of aromatic nitrogens is 2. The summed E-state index contributed by atoms with van der Waals surface area (Å²) >= 11 is 0. The van der Waals surface area contributed by atoms with Crippen molar-refractivity contribution in [2.24, 2.45) is 0 Å². The van der Waals surface area contributed by atoms with E-state index in [0.717, 1.165) is 43.0 Å². The quantitative estimate of drug-likeness (QED) is 0.477. The lowest BCUT2D eigenvalue weighted by Crippen LogP contribution is -2.08. The molecule has 0 bridgehead atoms. The van der Waals surface area contributed by atoms with Crippen LogP contribution >= 0.6 is 0 Å². The summed E-state index contributed by atoms with van der Waals surface area (Å²) in [4.78, 5) is 0. The van der Waals surface area contributed by atoms with Gasteiger partial charge in [0, 0.05) is 12.1 Å². The van der Waals surface area contributed by atoms with Crippen molar-refractivity contribution in [3.8, 4) is 11.8 Å². The third kappa shape index (κ3) is 3.71. The molecule has 4 heteroatoms. The van der Waals surface area contributed by atoms with Gasteiger partial charge in [0.05, 0.1) is 28.9 Å². The first-order chi connectivity index (χ1) is 15.3. The van der Waals surface area contributed by atoms with Crippen molar-refractivity contribution >= 4 is 5.82 Å². The minimum atomic E-state index is 0.0654. The van der Waals surface area contributed by atoms with Crippen LogP contribution in [-0.2, 0) is 6.42 Å². The number of fused-ring (bicyclic) bond motifs is 1. The lowest BCUT2D eigenvalue weighted by atomic mass is 9.86. The first-order valence-corrected chi connectivity index (χ1v) is 10.8. The Morgan fingerprint density at radius 2 is 1.48 bits per heavy atom. The van der Waals surface area contributed by atoms with Crippen LogP contribution in [-0.4, -0.2) is 16.3 Å². The zero-order chi connectivity index (χ0) is 21.0. The van der Waals surface area contributed by atoms with Gasteiger partial charge in [-0.2, -0.15) is 10.4 Å². The summed E-state index contributed by atoms with van der Waals surface area (Å²) in [6.45, 7) is 0.940. The Labute approximate surface area is 182 Å². The third-order valence-corrected chi connectivity index (χ3v) is 5.94. The van der Waals surface area contributed by atoms with Gasteiger partial charge in [0.25, 0.3) is 0 Å². The van der Waals surface area contributed by atoms with Crippen LogP contribution in [0.3, 0.4) is 0 Å². The van der Waals surface area contributed by atoms with Crippen molar-refractivity contribution in [2.75, 3.05) is 11.9 Å². The highest BCUT2D eigenvalue weighted by Gasteiger charge is 2.28. The van der Waals surface area contributed by atoms with Crippen LogP contribution in [0.1, 0.15) is 46.7 Å². The molecule has 31 heavy (non-hydrogen) atoms. The summed E-state index contributed by atoms with van der Waals surface area (Å²) in [7, 11) is 0. The zero-order valence-corrected chi connectivity index (χ0v) is 17.3. The van der Waals surface area contributed by atoms with Gasteiger partial charge in [0.2, 0.25) is 0 Å². The molecule has 3 aromatic carbocycles. The average Bonchev–Trinajstić information content (AvgIpc) is 3.01. The predicted molar refractivity (Wildman–Crippen MR) is 124 cm³/mol. The van der Waals surface area contributed by atoms with Gasteiger partial charge in [-0.1, -0.05) is 60.7 Å². The second-order valence-corrected chi connectivity index (χ2v) is 7.92. The van der Waals surface area contributed by atoms with Crippen molar-refractivity contribution in [3.63, 3.8) is 0 Å². The molecule has 0 saturated carbocycles. The monoisotopic (exact) mass is 404 g/mol. The van der Waals surface area contributed by atoms with Gasteiger partial charge in [-0.05, 0) is 54.7 Å². The number of anilines is 1. The van der Waals surface area contributed by atoms with Crippen LogP contribution in [0.25, 0.3) is 5.69 Å². The smallest absolute Gasteiger partial charge is 0.133 e. The van der Waals surface area contributed by atoms with E-state index in [0.29, 0.717) is 5.56 Å². The number of nitrogens with zero attached hydrogens (tertiary/aromatic N) is 3.